The first kappa shape index (κ1) is 25.5. The van der Waals surface area contributed by atoms with Crippen LogP contribution in [0.25, 0.3) is 10.8 Å². The molecule has 7 nitrogen and oxygen atoms in total. The maximum atomic E-state index is 13.9. The lowest BCUT2D eigenvalue weighted by molar-refractivity contribution is 0.0955. The number of aryl methyl sites for hydroxylation is 1. The molecule has 3 aromatic carbocycles. The zero-order valence-corrected chi connectivity index (χ0v) is 21.3. The van der Waals surface area contributed by atoms with Crippen LogP contribution in [0.15, 0.2) is 90.0 Å². The Morgan fingerprint density at radius 3 is 2.44 bits per heavy atom. The number of hydrogen-bond donors (Lipinski definition) is 1. The Bertz CT molecular complexity index is 1440. The topological polar surface area (TPSA) is 88.6 Å². The number of anilines is 1. The number of methoxy groups -OCH3 is 1. The third kappa shape index (κ3) is 5.61. The summed E-state index contributed by atoms with van der Waals surface area (Å²) in [6.45, 7) is 0.105. The summed E-state index contributed by atoms with van der Waals surface area (Å²) in [5.74, 6) is 0.585. The number of aromatic nitrogens is 1. The molecule has 1 aromatic heterocycles. The molecule has 36 heavy (non-hydrogen) atoms. The van der Waals surface area contributed by atoms with Crippen LogP contribution in [0.1, 0.15) is 15.9 Å². The molecule has 1 amide bonds. The zero-order chi connectivity index (χ0) is 25.5. The van der Waals surface area contributed by atoms with Gasteiger partial charge in [-0.1, -0.05) is 48.5 Å². The van der Waals surface area contributed by atoms with Crippen LogP contribution in [-0.4, -0.2) is 45.4 Å². The highest BCUT2D eigenvalue weighted by molar-refractivity contribution is 7.93. The van der Waals surface area contributed by atoms with Gasteiger partial charge in [0.2, 0.25) is 5.88 Å². The van der Waals surface area contributed by atoms with Crippen molar-refractivity contribution in [1.82, 2.24) is 10.3 Å². The van der Waals surface area contributed by atoms with Crippen molar-refractivity contribution < 1.29 is 17.9 Å². The molecule has 0 aliphatic rings. The van der Waals surface area contributed by atoms with Crippen molar-refractivity contribution >= 4 is 44.0 Å². The predicted octanol–water partition coefficient (Wildman–Crippen LogP) is 4.65. The van der Waals surface area contributed by atoms with Gasteiger partial charge < -0.3 is 10.1 Å². The highest BCUT2D eigenvalue weighted by atomic mass is 35.5. The van der Waals surface area contributed by atoms with E-state index < -0.39 is 10.0 Å². The lowest BCUT2D eigenvalue weighted by Crippen LogP contribution is -2.39. The van der Waals surface area contributed by atoms with Gasteiger partial charge >= 0.3 is 0 Å². The number of hydrogen-bond acceptors (Lipinski definition) is 5. The Hall–Kier alpha value is -3.62. The minimum Gasteiger partial charge on any atom is -0.481 e. The second-order valence-corrected chi connectivity index (χ2v) is 10.2. The van der Waals surface area contributed by atoms with E-state index in [-0.39, 0.29) is 23.9 Å². The van der Waals surface area contributed by atoms with Gasteiger partial charge in [0.15, 0.2) is 0 Å². The van der Waals surface area contributed by atoms with Crippen LogP contribution in [-0.2, 0) is 16.4 Å². The monoisotopic (exact) mass is 523 g/mol. The van der Waals surface area contributed by atoms with Gasteiger partial charge in [0.1, 0.15) is 0 Å². The zero-order valence-electron chi connectivity index (χ0n) is 19.7. The first-order valence-corrected chi connectivity index (χ1v) is 13.3. The van der Waals surface area contributed by atoms with Crippen molar-refractivity contribution in [1.29, 1.82) is 0 Å². The summed E-state index contributed by atoms with van der Waals surface area (Å²) >= 11 is 5.77. The number of amides is 1. The number of alkyl halides is 1. The number of pyridine rings is 1. The van der Waals surface area contributed by atoms with E-state index >= 15 is 0 Å². The highest BCUT2D eigenvalue weighted by Crippen LogP contribution is 2.29. The van der Waals surface area contributed by atoms with Gasteiger partial charge in [-0.25, -0.2) is 13.4 Å². The third-order valence-corrected chi connectivity index (χ3v) is 7.81. The lowest BCUT2D eigenvalue weighted by atomic mass is 10.1. The third-order valence-electron chi connectivity index (χ3n) is 5.74. The molecule has 9 heteroatoms. The van der Waals surface area contributed by atoms with Gasteiger partial charge in [0.25, 0.3) is 15.9 Å². The lowest BCUT2D eigenvalue weighted by Gasteiger charge is -2.25. The SMILES string of the molecule is COc1ccc(N(CCNC(=O)c2ccc(CCCl)cc2)S(=O)(=O)c2cccc3ccccc23)cn1. The summed E-state index contributed by atoms with van der Waals surface area (Å²) in [5, 5.41) is 4.25. The smallest absolute Gasteiger partial charge is 0.265 e. The van der Waals surface area contributed by atoms with Gasteiger partial charge in [-0.3, -0.25) is 9.10 Å². The molecule has 4 rings (SSSR count). The Morgan fingerprint density at radius 1 is 1.00 bits per heavy atom. The molecule has 0 spiro atoms. The van der Waals surface area contributed by atoms with Crippen LogP contribution in [0.5, 0.6) is 5.88 Å². The number of carbonyl (C=O) groups is 1. The van der Waals surface area contributed by atoms with E-state index in [0.717, 1.165) is 17.4 Å². The number of carbonyl (C=O) groups excluding carboxylic acids is 1. The summed E-state index contributed by atoms with van der Waals surface area (Å²) in [6, 6.07) is 22.9. The van der Waals surface area contributed by atoms with Gasteiger partial charge in [0, 0.05) is 29.4 Å². The second kappa shape index (κ2) is 11.4. The summed E-state index contributed by atoms with van der Waals surface area (Å²) < 4.78 is 34.2. The normalized spacial score (nSPS) is 11.3. The van der Waals surface area contributed by atoms with Gasteiger partial charge in [-0.2, -0.15) is 0 Å². The van der Waals surface area contributed by atoms with E-state index in [0.29, 0.717) is 28.4 Å². The average molecular weight is 524 g/mol. The van der Waals surface area contributed by atoms with E-state index in [9.17, 15) is 13.2 Å². The Balaban J connectivity index is 1.60. The summed E-state index contributed by atoms with van der Waals surface area (Å²) in [5.41, 5.74) is 1.90. The first-order valence-electron chi connectivity index (χ1n) is 11.4. The van der Waals surface area contributed by atoms with Crippen LogP contribution in [0.2, 0.25) is 0 Å². The molecule has 1 N–H and O–H groups in total. The maximum absolute atomic E-state index is 13.9. The minimum atomic E-state index is -3.99. The number of fused-ring (bicyclic) bond motifs is 1. The van der Waals surface area contributed by atoms with E-state index in [2.05, 4.69) is 10.3 Å². The van der Waals surface area contributed by atoms with E-state index in [4.69, 9.17) is 16.3 Å². The Labute approximate surface area is 215 Å². The number of rotatable bonds is 10. The molecule has 0 saturated heterocycles. The Morgan fingerprint density at radius 2 is 1.75 bits per heavy atom. The summed E-state index contributed by atoms with van der Waals surface area (Å²) in [7, 11) is -2.50. The quantitative estimate of drug-likeness (QED) is 0.306. The van der Waals surface area contributed by atoms with E-state index in [1.54, 1.807) is 48.5 Å². The molecular formula is C27H26ClN3O4S. The molecule has 186 valence electrons. The van der Waals surface area contributed by atoms with E-state index in [1.165, 1.54) is 17.6 Å². The standard InChI is InChI=1S/C27H26ClN3O4S/c1-35-26-14-13-23(19-30-26)31(18-17-29-27(32)22-11-9-20(10-12-22)15-16-28)36(33,34)25-8-4-6-21-5-2-3-7-24(21)25/h2-14,19H,15-18H2,1H3,(H,29,32). The predicted molar refractivity (Wildman–Crippen MR) is 142 cm³/mol. The van der Waals surface area contributed by atoms with Crippen molar-refractivity contribution in [2.75, 3.05) is 30.4 Å². The molecule has 1 heterocycles. The molecule has 4 aromatic rings. The molecule has 0 aliphatic heterocycles. The van der Waals surface area contributed by atoms with Crippen LogP contribution in [0.3, 0.4) is 0 Å². The number of halogens is 1. The fraction of sp³-hybridized carbons (Fsp3) is 0.185. The molecular weight excluding hydrogens is 498 g/mol. The van der Waals surface area contributed by atoms with Gasteiger partial charge in [-0.15, -0.1) is 11.6 Å². The van der Waals surface area contributed by atoms with Crippen molar-refractivity contribution in [3.63, 3.8) is 0 Å². The van der Waals surface area contributed by atoms with Crippen molar-refractivity contribution in [2.24, 2.45) is 0 Å². The molecule has 0 radical (unpaired) electrons. The highest BCUT2D eigenvalue weighted by Gasteiger charge is 2.27. The average Bonchev–Trinajstić information content (AvgIpc) is 2.91. The molecule has 0 bridgehead atoms. The Kier molecular flexibility index (Phi) is 8.07. The number of sulfonamides is 1. The molecule has 0 fully saturated rings. The molecule has 0 atom stereocenters. The summed E-state index contributed by atoms with van der Waals surface area (Å²) in [4.78, 5) is 17.0. The van der Waals surface area contributed by atoms with E-state index in [1.807, 2.05) is 30.3 Å². The van der Waals surface area contributed by atoms with Crippen molar-refractivity contribution in [3.8, 4) is 5.88 Å². The minimum absolute atomic E-state index is 0.00956. The molecule has 0 aliphatic carbocycles. The van der Waals surface area contributed by atoms with Crippen molar-refractivity contribution in [3.05, 3.63) is 96.2 Å². The van der Waals surface area contributed by atoms with Crippen LogP contribution >= 0.6 is 11.6 Å². The number of nitrogens with zero attached hydrogens (tertiary/aromatic N) is 2. The van der Waals surface area contributed by atoms with Gasteiger partial charge in [0.05, 0.1) is 30.4 Å². The number of benzene rings is 3. The van der Waals surface area contributed by atoms with Crippen molar-refractivity contribution in [2.45, 2.75) is 11.3 Å². The molecule has 0 unspecified atom stereocenters. The van der Waals surface area contributed by atoms with Gasteiger partial charge in [-0.05, 0) is 41.6 Å². The second-order valence-electron chi connectivity index (χ2n) is 8.01. The largest absolute Gasteiger partial charge is 0.481 e. The van der Waals surface area contributed by atoms with Crippen LogP contribution in [0, 0.1) is 0 Å². The summed E-state index contributed by atoms with van der Waals surface area (Å²) in [6.07, 6.45) is 2.17. The first-order chi connectivity index (χ1) is 17.4. The fourth-order valence-electron chi connectivity index (χ4n) is 3.87. The van der Waals surface area contributed by atoms with Crippen LogP contribution in [0.4, 0.5) is 5.69 Å². The van der Waals surface area contributed by atoms with Crippen LogP contribution < -0.4 is 14.4 Å². The number of nitrogens with one attached hydrogen (secondary N) is 1. The maximum Gasteiger partial charge on any atom is 0.265 e. The molecule has 0 saturated carbocycles. The fourth-order valence-corrected chi connectivity index (χ4v) is 5.76. The number of ether oxygens (including phenoxy) is 1.